The number of nitrogens with zero attached hydrogens (tertiary/aromatic N) is 3. The standard InChI is InChI=1S/C17H23N3O2/c1-12(20(2)11-14-9-6-10-15(14)21)16-18-19-17(22-16)13-7-4-3-5-8-13/h3-5,7-8,12,14-15,21H,6,9-11H2,1-2H3. The lowest BCUT2D eigenvalue weighted by atomic mass is 10.0. The number of hydrogen-bond donors (Lipinski definition) is 1. The van der Waals surface area contributed by atoms with E-state index in [-0.39, 0.29) is 12.1 Å². The Labute approximate surface area is 131 Å². The van der Waals surface area contributed by atoms with Gasteiger partial charge in [0.2, 0.25) is 11.8 Å². The van der Waals surface area contributed by atoms with Gasteiger partial charge in [-0.1, -0.05) is 24.6 Å². The molecule has 1 fully saturated rings. The van der Waals surface area contributed by atoms with Gasteiger partial charge in [0.15, 0.2) is 0 Å². The predicted molar refractivity (Wildman–Crippen MR) is 84.1 cm³/mol. The highest BCUT2D eigenvalue weighted by molar-refractivity contribution is 5.51. The van der Waals surface area contributed by atoms with Gasteiger partial charge in [-0.15, -0.1) is 10.2 Å². The van der Waals surface area contributed by atoms with Crippen LogP contribution in [0.4, 0.5) is 0 Å². The Morgan fingerprint density at radius 3 is 2.73 bits per heavy atom. The maximum atomic E-state index is 9.96. The number of aromatic nitrogens is 2. The predicted octanol–water partition coefficient (Wildman–Crippen LogP) is 2.89. The monoisotopic (exact) mass is 301 g/mol. The third kappa shape index (κ3) is 3.20. The van der Waals surface area contributed by atoms with Crippen LogP contribution in [0, 0.1) is 5.92 Å². The maximum Gasteiger partial charge on any atom is 0.247 e. The molecule has 1 heterocycles. The van der Waals surface area contributed by atoms with Gasteiger partial charge in [0, 0.05) is 12.1 Å². The van der Waals surface area contributed by atoms with Gasteiger partial charge in [0.1, 0.15) is 0 Å². The van der Waals surface area contributed by atoms with Crippen molar-refractivity contribution in [1.29, 1.82) is 0 Å². The van der Waals surface area contributed by atoms with E-state index in [0.717, 1.165) is 31.4 Å². The molecule has 1 aliphatic rings. The summed E-state index contributed by atoms with van der Waals surface area (Å²) in [7, 11) is 2.04. The molecule has 1 saturated carbocycles. The molecule has 3 atom stereocenters. The molecule has 0 radical (unpaired) electrons. The van der Waals surface area contributed by atoms with Crippen LogP contribution in [0.5, 0.6) is 0 Å². The average molecular weight is 301 g/mol. The van der Waals surface area contributed by atoms with Gasteiger partial charge in [0.25, 0.3) is 0 Å². The first-order valence-electron chi connectivity index (χ1n) is 7.92. The molecule has 22 heavy (non-hydrogen) atoms. The Morgan fingerprint density at radius 1 is 1.27 bits per heavy atom. The van der Waals surface area contributed by atoms with Crippen LogP contribution in [0.2, 0.25) is 0 Å². The molecule has 118 valence electrons. The van der Waals surface area contributed by atoms with E-state index in [0.29, 0.717) is 17.7 Å². The molecular formula is C17H23N3O2. The van der Waals surface area contributed by atoms with Crippen LogP contribution in [0.25, 0.3) is 11.5 Å². The van der Waals surface area contributed by atoms with E-state index in [1.165, 1.54) is 0 Å². The minimum absolute atomic E-state index is 0.0396. The fourth-order valence-electron chi connectivity index (χ4n) is 3.05. The highest BCUT2D eigenvalue weighted by atomic mass is 16.4. The Morgan fingerprint density at radius 2 is 2.05 bits per heavy atom. The molecule has 0 aliphatic heterocycles. The van der Waals surface area contributed by atoms with Crippen LogP contribution >= 0.6 is 0 Å². The van der Waals surface area contributed by atoms with Gasteiger partial charge in [-0.05, 0) is 44.9 Å². The van der Waals surface area contributed by atoms with Gasteiger partial charge in [-0.3, -0.25) is 4.90 Å². The summed E-state index contributed by atoms with van der Waals surface area (Å²) in [5.41, 5.74) is 0.933. The number of aliphatic hydroxyl groups is 1. The zero-order valence-electron chi connectivity index (χ0n) is 13.1. The normalized spacial score (nSPS) is 23.1. The second-order valence-corrected chi connectivity index (χ2v) is 6.19. The van der Waals surface area contributed by atoms with Crippen LogP contribution < -0.4 is 0 Å². The Bertz CT molecular complexity index is 599. The van der Waals surface area contributed by atoms with E-state index in [2.05, 4.69) is 22.0 Å². The molecule has 0 amide bonds. The molecule has 0 spiro atoms. The van der Waals surface area contributed by atoms with Crippen LogP contribution in [0.15, 0.2) is 34.7 Å². The van der Waals surface area contributed by atoms with Gasteiger partial charge >= 0.3 is 0 Å². The lowest BCUT2D eigenvalue weighted by Crippen LogP contribution is -2.32. The molecule has 5 nitrogen and oxygen atoms in total. The van der Waals surface area contributed by atoms with Crippen LogP contribution in [0.3, 0.4) is 0 Å². The molecule has 1 aromatic carbocycles. The van der Waals surface area contributed by atoms with Gasteiger partial charge in [0.05, 0.1) is 12.1 Å². The molecule has 1 N–H and O–H groups in total. The third-order valence-corrected chi connectivity index (χ3v) is 4.62. The summed E-state index contributed by atoms with van der Waals surface area (Å²) in [6, 6.07) is 9.83. The van der Waals surface area contributed by atoms with Crippen molar-refractivity contribution in [1.82, 2.24) is 15.1 Å². The number of rotatable bonds is 5. The van der Waals surface area contributed by atoms with Crippen molar-refractivity contribution in [2.75, 3.05) is 13.6 Å². The second-order valence-electron chi connectivity index (χ2n) is 6.19. The fraction of sp³-hybridized carbons (Fsp3) is 0.529. The quantitative estimate of drug-likeness (QED) is 0.920. The minimum Gasteiger partial charge on any atom is -0.419 e. The molecule has 0 saturated heterocycles. The molecule has 0 bridgehead atoms. The largest absolute Gasteiger partial charge is 0.419 e. The van der Waals surface area contributed by atoms with Crippen molar-refractivity contribution in [3.8, 4) is 11.5 Å². The van der Waals surface area contributed by atoms with E-state index in [9.17, 15) is 5.11 Å². The van der Waals surface area contributed by atoms with Crippen molar-refractivity contribution in [3.05, 3.63) is 36.2 Å². The van der Waals surface area contributed by atoms with Gasteiger partial charge < -0.3 is 9.52 Å². The van der Waals surface area contributed by atoms with Crippen LogP contribution in [-0.2, 0) is 0 Å². The Hall–Kier alpha value is -1.72. The summed E-state index contributed by atoms with van der Waals surface area (Å²) in [5.74, 6) is 1.52. The van der Waals surface area contributed by atoms with Crippen molar-refractivity contribution in [2.45, 2.75) is 38.3 Å². The Kier molecular flexibility index (Phi) is 4.55. The van der Waals surface area contributed by atoms with E-state index in [4.69, 9.17) is 4.42 Å². The molecule has 1 aliphatic carbocycles. The molecular weight excluding hydrogens is 278 g/mol. The summed E-state index contributed by atoms with van der Waals surface area (Å²) in [6.07, 6.45) is 2.97. The number of aliphatic hydroxyl groups excluding tert-OH is 1. The van der Waals surface area contributed by atoms with Crippen molar-refractivity contribution < 1.29 is 9.52 Å². The molecule has 2 aromatic rings. The average Bonchev–Trinajstić information content (AvgIpc) is 3.17. The highest BCUT2D eigenvalue weighted by Crippen LogP contribution is 2.29. The zero-order chi connectivity index (χ0) is 15.5. The molecule has 3 unspecified atom stereocenters. The van der Waals surface area contributed by atoms with Gasteiger partial charge in [-0.2, -0.15) is 0 Å². The summed E-state index contributed by atoms with van der Waals surface area (Å²) in [5, 5.41) is 18.3. The summed E-state index contributed by atoms with van der Waals surface area (Å²) in [6.45, 7) is 2.91. The Balaban J connectivity index is 1.67. The topological polar surface area (TPSA) is 62.4 Å². The lowest BCUT2D eigenvalue weighted by molar-refractivity contribution is 0.0945. The number of hydrogen-bond acceptors (Lipinski definition) is 5. The lowest BCUT2D eigenvalue weighted by Gasteiger charge is -2.26. The van der Waals surface area contributed by atoms with E-state index < -0.39 is 0 Å². The first-order chi connectivity index (χ1) is 10.6. The molecule has 5 heteroatoms. The third-order valence-electron chi connectivity index (χ3n) is 4.62. The highest BCUT2D eigenvalue weighted by Gasteiger charge is 2.28. The maximum absolute atomic E-state index is 9.96. The van der Waals surface area contributed by atoms with E-state index in [1.807, 2.05) is 37.4 Å². The van der Waals surface area contributed by atoms with Crippen molar-refractivity contribution in [3.63, 3.8) is 0 Å². The molecule has 1 aromatic heterocycles. The van der Waals surface area contributed by atoms with E-state index in [1.54, 1.807) is 0 Å². The summed E-state index contributed by atoms with van der Waals surface area (Å²) >= 11 is 0. The van der Waals surface area contributed by atoms with Gasteiger partial charge in [-0.25, -0.2) is 0 Å². The minimum atomic E-state index is -0.169. The fourth-order valence-corrected chi connectivity index (χ4v) is 3.05. The first kappa shape index (κ1) is 15.2. The number of benzene rings is 1. The summed E-state index contributed by atoms with van der Waals surface area (Å²) < 4.78 is 5.82. The SMILES string of the molecule is CC(c1nnc(-c2ccccc2)o1)N(C)CC1CCCC1O. The summed E-state index contributed by atoms with van der Waals surface area (Å²) in [4.78, 5) is 2.18. The zero-order valence-corrected chi connectivity index (χ0v) is 13.1. The van der Waals surface area contributed by atoms with Crippen LogP contribution in [0.1, 0.15) is 38.1 Å². The first-order valence-corrected chi connectivity index (χ1v) is 7.92. The second kappa shape index (κ2) is 6.58. The molecule has 3 rings (SSSR count). The van der Waals surface area contributed by atoms with Crippen molar-refractivity contribution in [2.24, 2.45) is 5.92 Å². The van der Waals surface area contributed by atoms with Crippen molar-refractivity contribution >= 4 is 0 Å². The van der Waals surface area contributed by atoms with E-state index >= 15 is 0 Å². The van der Waals surface area contributed by atoms with Crippen LogP contribution in [-0.4, -0.2) is 39.9 Å². The smallest absolute Gasteiger partial charge is 0.247 e.